The Balaban J connectivity index is 2.12. The summed E-state index contributed by atoms with van der Waals surface area (Å²) < 4.78 is 0. The molecule has 0 aromatic heterocycles. The van der Waals surface area contributed by atoms with E-state index in [0.29, 0.717) is 11.8 Å². The summed E-state index contributed by atoms with van der Waals surface area (Å²) in [5.41, 5.74) is 1.26. The topological polar surface area (TPSA) is 20.2 Å². The highest BCUT2D eigenvalue weighted by Crippen LogP contribution is 2.49. The summed E-state index contributed by atoms with van der Waals surface area (Å²) in [5, 5.41) is 10.1. The van der Waals surface area contributed by atoms with Crippen LogP contribution in [-0.4, -0.2) is 11.2 Å². The third-order valence-electron chi connectivity index (χ3n) is 2.74. The molecule has 13 heavy (non-hydrogen) atoms. The molecule has 0 spiro atoms. The second-order valence-corrected chi connectivity index (χ2v) is 4.24. The molecule has 0 unspecified atom stereocenters. The highest BCUT2D eigenvalue weighted by atomic mass is 35.5. The second-order valence-electron chi connectivity index (χ2n) is 3.80. The van der Waals surface area contributed by atoms with Gasteiger partial charge in [0.2, 0.25) is 0 Å². The lowest BCUT2D eigenvalue weighted by atomic mass is 10.1. The van der Waals surface area contributed by atoms with Crippen LogP contribution in [0.15, 0.2) is 24.3 Å². The highest BCUT2D eigenvalue weighted by molar-refractivity contribution is 6.30. The molecule has 0 heterocycles. The molecule has 1 aromatic rings. The van der Waals surface area contributed by atoms with Gasteiger partial charge in [-0.15, -0.1) is 0 Å². The molecule has 1 N–H and O–H groups in total. The molecule has 2 heteroatoms. The molecule has 0 bridgehead atoms. The number of aliphatic hydroxyl groups excluding tert-OH is 1. The lowest BCUT2D eigenvalue weighted by Gasteiger charge is -2.03. The summed E-state index contributed by atoms with van der Waals surface area (Å²) in [6, 6.07) is 7.92. The first-order valence-corrected chi connectivity index (χ1v) is 5.00. The van der Waals surface area contributed by atoms with Crippen molar-refractivity contribution < 1.29 is 5.11 Å². The van der Waals surface area contributed by atoms with Crippen LogP contribution in [0.4, 0.5) is 0 Å². The zero-order chi connectivity index (χ0) is 9.42. The van der Waals surface area contributed by atoms with Crippen molar-refractivity contribution in [3.8, 4) is 0 Å². The van der Waals surface area contributed by atoms with E-state index in [1.807, 2.05) is 25.1 Å². The minimum absolute atomic E-state index is 0.191. The average molecular weight is 197 g/mol. The molecule has 1 aliphatic carbocycles. The maximum atomic E-state index is 9.36. The van der Waals surface area contributed by atoms with Crippen molar-refractivity contribution in [2.24, 2.45) is 5.92 Å². The first-order valence-electron chi connectivity index (χ1n) is 4.62. The molecule has 2 rings (SSSR count). The Morgan fingerprint density at radius 3 is 2.85 bits per heavy atom. The maximum absolute atomic E-state index is 9.36. The zero-order valence-electron chi connectivity index (χ0n) is 7.57. The van der Waals surface area contributed by atoms with Crippen LogP contribution >= 0.6 is 11.6 Å². The van der Waals surface area contributed by atoms with Crippen molar-refractivity contribution in [1.82, 2.24) is 0 Å². The van der Waals surface area contributed by atoms with Gasteiger partial charge in [0.15, 0.2) is 0 Å². The Kier molecular flexibility index (Phi) is 2.31. The molecular formula is C11H13ClO. The normalized spacial score (nSPS) is 28.5. The van der Waals surface area contributed by atoms with Crippen LogP contribution in [-0.2, 0) is 0 Å². The van der Waals surface area contributed by atoms with E-state index in [9.17, 15) is 5.11 Å². The van der Waals surface area contributed by atoms with Gasteiger partial charge in [0.25, 0.3) is 0 Å². The Morgan fingerprint density at radius 1 is 1.54 bits per heavy atom. The van der Waals surface area contributed by atoms with Crippen LogP contribution in [0.1, 0.15) is 24.8 Å². The van der Waals surface area contributed by atoms with E-state index in [0.717, 1.165) is 11.4 Å². The summed E-state index contributed by atoms with van der Waals surface area (Å²) in [6.07, 6.45) is 0.904. The molecule has 0 saturated heterocycles. The first-order chi connectivity index (χ1) is 6.18. The molecule has 0 aliphatic heterocycles. The average Bonchev–Trinajstić information content (AvgIpc) is 2.82. The van der Waals surface area contributed by atoms with Crippen LogP contribution in [0.5, 0.6) is 0 Å². The minimum atomic E-state index is -0.191. The van der Waals surface area contributed by atoms with E-state index in [1.165, 1.54) is 5.56 Å². The van der Waals surface area contributed by atoms with Crippen LogP contribution in [0.25, 0.3) is 0 Å². The van der Waals surface area contributed by atoms with Crippen LogP contribution < -0.4 is 0 Å². The third kappa shape index (κ3) is 1.87. The van der Waals surface area contributed by atoms with E-state index >= 15 is 0 Å². The minimum Gasteiger partial charge on any atom is -0.393 e. The molecular weight excluding hydrogens is 184 g/mol. The fourth-order valence-corrected chi connectivity index (χ4v) is 2.07. The number of aliphatic hydroxyl groups is 1. The number of rotatable bonds is 2. The maximum Gasteiger partial charge on any atom is 0.0546 e. The van der Waals surface area contributed by atoms with Crippen molar-refractivity contribution in [2.75, 3.05) is 0 Å². The fourth-order valence-electron chi connectivity index (χ4n) is 1.87. The van der Waals surface area contributed by atoms with Gasteiger partial charge < -0.3 is 5.11 Å². The Hall–Kier alpha value is -0.530. The van der Waals surface area contributed by atoms with Gasteiger partial charge in [0.1, 0.15) is 0 Å². The number of benzene rings is 1. The zero-order valence-corrected chi connectivity index (χ0v) is 8.33. The van der Waals surface area contributed by atoms with Gasteiger partial charge in [-0.1, -0.05) is 23.7 Å². The molecule has 0 amide bonds. The summed E-state index contributed by atoms with van der Waals surface area (Å²) >= 11 is 5.88. The Labute approximate surface area is 83.3 Å². The van der Waals surface area contributed by atoms with Crippen LogP contribution in [0.3, 0.4) is 0 Å². The Bertz CT molecular complexity index is 309. The van der Waals surface area contributed by atoms with Gasteiger partial charge in [0.05, 0.1) is 6.10 Å². The standard InChI is InChI=1S/C11H13ClO/c1-7(13)10-6-11(10)8-3-2-4-9(12)5-8/h2-5,7,10-11,13H,6H2,1H3/t7-,10-,11-/m1/s1. The largest absolute Gasteiger partial charge is 0.393 e. The first kappa shape index (κ1) is 9.04. The Morgan fingerprint density at radius 2 is 2.31 bits per heavy atom. The molecule has 70 valence electrons. The SMILES string of the molecule is C[C@@H](O)[C@H]1C[C@@H]1c1cccc(Cl)c1. The van der Waals surface area contributed by atoms with E-state index in [1.54, 1.807) is 0 Å². The smallest absolute Gasteiger partial charge is 0.0546 e. The van der Waals surface area contributed by atoms with Gasteiger partial charge in [0, 0.05) is 5.02 Å². The molecule has 0 radical (unpaired) electrons. The predicted octanol–water partition coefficient (Wildman–Crippen LogP) is 2.82. The van der Waals surface area contributed by atoms with Crippen molar-refractivity contribution >= 4 is 11.6 Å². The lowest BCUT2D eigenvalue weighted by Crippen LogP contribution is -2.03. The van der Waals surface area contributed by atoms with E-state index in [2.05, 4.69) is 6.07 Å². The van der Waals surface area contributed by atoms with E-state index in [-0.39, 0.29) is 6.10 Å². The fraction of sp³-hybridized carbons (Fsp3) is 0.455. The summed E-state index contributed by atoms with van der Waals surface area (Å²) in [4.78, 5) is 0. The lowest BCUT2D eigenvalue weighted by molar-refractivity contribution is 0.169. The van der Waals surface area contributed by atoms with E-state index < -0.39 is 0 Å². The third-order valence-corrected chi connectivity index (χ3v) is 2.97. The van der Waals surface area contributed by atoms with Crippen molar-refractivity contribution in [3.05, 3.63) is 34.9 Å². The van der Waals surface area contributed by atoms with Gasteiger partial charge in [-0.2, -0.15) is 0 Å². The van der Waals surface area contributed by atoms with Gasteiger partial charge in [-0.3, -0.25) is 0 Å². The molecule has 3 atom stereocenters. The van der Waals surface area contributed by atoms with Crippen LogP contribution in [0.2, 0.25) is 5.02 Å². The van der Waals surface area contributed by atoms with E-state index in [4.69, 9.17) is 11.6 Å². The van der Waals surface area contributed by atoms with Gasteiger partial charge >= 0.3 is 0 Å². The van der Waals surface area contributed by atoms with Crippen molar-refractivity contribution in [3.63, 3.8) is 0 Å². The monoisotopic (exact) mass is 196 g/mol. The van der Waals surface area contributed by atoms with Crippen molar-refractivity contribution in [1.29, 1.82) is 0 Å². The second kappa shape index (κ2) is 3.32. The molecule has 1 nitrogen and oxygen atoms in total. The van der Waals surface area contributed by atoms with Gasteiger partial charge in [-0.25, -0.2) is 0 Å². The molecule has 1 saturated carbocycles. The number of hydrogen-bond acceptors (Lipinski definition) is 1. The summed E-state index contributed by atoms with van der Waals surface area (Å²) in [5.74, 6) is 0.970. The number of halogens is 1. The molecule has 1 aliphatic rings. The highest BCUT2D eigenvalue weighted by Gasteiger charge is 2.41. The summed E-state index contributed by atoms with van der Waals surface area (Å²) in [7, 11) is 0. The molecule has 1 fully saturated rings. The number of hydrogen-bond donors (Lipinski definition) is 1. The molecule has 1 aromatic carbocycles. The quantitative estimate of drug-likeness (QED) is 0.772. The predicted molar refractivity (Wildman–Crippen MR) is 54.0 cm³/mol. The summed E-state index contributed by atoms with van der Waals surface area (Å²) in [6.45, 7) is 1.86. The van der Waals surface area contributed by atoms with Gasteiger partial charge in [-0.05, 0) is 42.9 Å². The van der Waals surface area contributed by atoms with Crippen LogP contribution in [0, 0.1) is 5.92 Å². The van der Waals surface area contributed by atoms with Crippen molar-refractivity contribution in [2.45, 2.75) is 25.4 Å².